The molecule has 162 valence electrons. The van der Waals surface area contributed by atoms with Crippen molar-refractivity contribution < 1.29 is 0 Å². The van der Waals surface area contributed by atoms with Gasteiger partial charge in [0, 0.05) is 47.4 Å². The van der Waals surface area contributed by atoms with Crippen molar-refractivity contribution in [2.24, 2.45) is 0 Å². The predicted molar refractivity (Wildman–Crippen MR) is 131 cm³/mol. The van der Waals surface area contributed by atoms with Crippen molar-refractivity contribution in [2.45, 2.75) is 26.3 Å². The Hall–Kier alpha value is -3.84. The third-order valence-electron chi connectivity index (χ3n) is 5.35. The number of aromatic nitrogens is 4. The third-order valence-corrected chi connectivity index (χ3v) is 5.35. The quantitative estimate of drug-likeness (QED) is 0.232. The van der Waals surface area contributed by atoms with E-state index in [0.717, 1.165) is 59.2 Å². The van der Waals surface area contributed by atoms with Crippen molar-refractivity contribution in [2.75, 3.05) is 12.3 Å². The second kappa shape index (κ2) is 9.53. The minimum atomic E-state index is 0.188. The van der Waals surface area contributed by atoms with Gasteiger partial charge in [-0.2, -0.15) is 0 Å². The van der Waals surface area contributed by atoms with Crippen LogP contribution in [0, 0.1) is 5.41 Å². The van der Waals surface area contributed by atoms with Gasteiger partial charge in [-0.05, 0) is 36.7 Å². The smallest absolute Gasteiger partial charge is 0.157 e. The van der Waals surface area contributed by atoms with Gasteiger partial charge in [-0.25, -0.2) is 9.97 Å². The van der Waals surface area contributed by atoms with Gasteiger partial charge in [0.2, 0.25) is 0 Å². The fraction of sp³-hybridized carbons (Fsp3) is 0.200. The number of anilines is 1. The summed E-state index contributed by atoms with van der Waals surface area (Å²) < 4.78 is 0. The number of hydrogen-bond donors (Lipinski definition) is 4. The molecule has 0 saturated heterocycles. The lowest BCUT2D eigenvalue weighted by molar-refractivity contribution is 0.640. The van der Waals surface area contributed by atoms with Crippen molar-refractivity contribution in [3.05, 3.63) is 78.0 Å². The van der Waals surface area contributed by atoms with Crippen LogP contribution in [0.1, 0.15) is 42.3 Å². The molecule has 32 heavy (non-hydrogen) atoms. The molecule has 0 fully saturated rings. The fourth-order valence-electron chi connectivity index (χ4n) is 3.58. The highest BCUT2D eigenvalue weighted by molar-refractivity contribution is 6.13. The molecular weight excluding hydrogens is 398 g/mol. The maximum absolute atomic E-state index is 8.74. The van der Waals surface area contributed by atoms with Gasteiger partial charge >= 0.3 is 0 Å². The molecular formula is C25H27N7. The van der Waals surface area contributed by atoms with E-state index in [2.05, 4.69) is 44.8 Å². The van der Waals surface area contributed by atoms with Crippen molar-refractivity contribution in [3.63, 3.8) is 0 Å². The van der Waals surface area contributed by atoms with E-state index in [9.17, 15) is 0 Å². The maximum Gasteiger partial charge on any atom is 0.157 e. The Balaban J connectivity index is 1.63. The van der Waals surface area contributed by atoms with E-state index < -0.39 is 0 Å². The number of nitrogens with two attached hydrogens (primary N) is 1. The Labute approximate surface area is 187 Å². The molecule has 3 heterocycles. The number of para-hydroxylation sites is 1. The van der Waals surface area contributed by atoms with Crippen LogP contribution in [0.3, 0.4) is 0 Å². The molecule has 5 N–H and O–H groups in total. The third kappa shape index (κ3) is 4.43. The highest BCUT2D eigenvalue weighted by atomic mass is 14.9. The summed E-state index contributed by atoms with van der Waals surface area (Å²) in [4.78, 5) is 16.5. The number of nitrogens with one attached hydrogen (secondary N) is 3. The number of nitrogens with zero attached hydrogens (tertiary/aromatic N) is 3. The van der Waals surface area contributed by atoms with Gasteiger partial charge < -0.3 is 16.0 Å². The first kappa shape index (κ1) is 21.4. The van der Waals surface area contributed by atoms with Crippen molar-refractivity contribution in [3.8, 4) is 11.1 Å². The number of aromatic amines is 1. The topological polar surface area (TPSA) is 116 Å². The normalized spacial score (nSPS) is 11.0. The zero-order valence-electron chi connectivity index (χ0n) is 18.2. The Morgan fingerprint density at radius 1 is 1.22 bits per heavy atom. The van der Waals surface area contributed by atoms with Crippen LogP contribution in [0.25, 0.3) is 28.2 Å². The predicted octanol–water partition coefficient (Wildman–Crippen LogP) is 4.55. The van der Waals surface area contributed by atoms with Crippen LogP contribution in [0.2, 0.25) is 0 Å². The molecule has 0 unspecified atom stereocenters. The minimum absolute atomic E-state index is 0.188. The Morgan fingerprint density at radius 2 is 2.06 bits per heavy atom. The average molecular weight is 426 g/mol. The van der Waals surface area contributed by atoms with Crippen LogP contribution in [0.15, 0.2) is 55.5 Å². The highest BCUT2D eigenvalue weighted by Crippen LogP contribution is 2.25. The van der Waals surface area contributed by atoms with Gasteiger partial charge in [-0.15, -0.1) is 0 Å². The molecule has 0 atom stereocenters. The lowest BCUT2D eigenvalue weighted by atomic mass is 10.0. The van der Waals surface area contributed by atoms with E-state index in [1.54, 1.807) is 18.5 Å². The van der Waals surface area contributed by atoms with Gasteiger partial charge in [0.15, 0.2) is 5.82 Å². The molecule has 0 aliphatic carbocycles. The number of benzene rings is 1. The second-order valence-electron chi connectivity index (χ2n) is 7.68. The molecule has 0 aliphatic heterocycles. The van der Waals surface area contributed by atoms with Crippen LogP contribution in [0.4, 0.5) is 5.82 Å². The number of unbranched alkanes of at least 4 members (excludes halogenated alkanes) is 1. The molecule has 4 aromatic rings. The number of pyridine rings is 2. The number of H-pyrrole nitrogens is 1. The van der Waals surface area contributed by atoms with Crippen LogP contribution in [-0.4, -0.2) is 32.2 Å². The molecule has 0 bridgehead atoms. The van der Waals surface area contributed by atoms with Gasteiger partial charge in [0.1, 0.15) is 11.5 Å². The van der Waals surface area contributed by atoms with E-state index >= 15 is 0 Å². The Bertz CT molecular complexity index is 1270. The second-order valence-corrected chi connectivity index (χ2v) is 7.68. The molecule has 3 aromatic heterocycles. The van der Waals surface area contributed by atoms with E-state index in [1.807, 2.05) is 30.5 Å². The standard InChI is InChI=1S/C25H27N7/c1-3-5-9-28-12-16-10-18(14-29-13-16)19-11-20(24(27)30-15-19)22(26)25-31-21-8-6-7-17(4-2)23(21)32-25/h4,6-8,10-11,13-15,26,28H,2-3,5,9,12H2,1H3,(H2,27,30)(H,31,32). The Morgan fingerprint density at radius 3 is 2.88 bits per heavy atom. The summed E-state index contributed by atoms with van der Waals surface area (Å²) in [6.45, 7) is 7.76. The molecule has 0 radical (unpaired) electrons. The summed E-state index contributed by atoms with van der Waals surface area (Å²) in [6.07, 6.45) is 9.44. The minimum Gasteiger partial charge on any atom is -0.383 e. The van der Waals surface area contributed by atoms with E-state index in [1.165, 1.54) is 0 Å². The van der Waals surface area contributed by atoms with Crippen LogP contribution >= 0.6 is 0 Å². The summed E-state index contributed by atoms with van der Waals surface area (Å²) >= 11 is 0. The van der Waals surface area contributed by atoms with E-state index in [-0.39, 0.29) is 11.5 Å². The number of fused-ring (bicyclic) bond motifs is 1. The zero-order valence-corrected chi connectivity index (χ0v) is 18.2. The summed E-state index contributed by atoms with van der Waals surface area (Å²) in [5.74, 6) is 0.723. The fourth-order valence-corrected chi connectivity index (χ4v) is 3.58. The zero-order chi connectivity index (χ0) is 22.5. The summed E-state index contributed by atoms with van der Waals surface area (Å²) in [7, 11) is 0. The molecule has 7 heteroatoms. The summed E-state index contributed by atoms with van der Waals surface area (Å²) in [5.41, 5.74) is 12.3. The number of hydrogen-bond acceptors (Lipinski definition) is 6. The van der Waals surface area contributed by atoms with Crippen molar-refractivity contribution in [1.82, 2.24) is 25.3 Å². The molecule has 0 spiro atoms. The number of nitrogen functional groups attached to an aromatic ring is 1. The van der Waals surface area contributed by atoms with Crippen LogP contribution in [-0.2, 0) is 6.54 Å². The molecule has 0 saturated carbocycles. The molecule has 7 nitrogen and oxygen atoms in total. The van der Waals surface area contributed by atoms with Crippen molar-refractivity contribution >= 4 is 28.6 Å². The van der Waals surface area contributed by atoms with Gasteiger partial charge in [0.05, 0.1) is 11.0 Å². The van der Waals surface area contributed by atoms with Gasteiger partial charge in [-0.3, -0.25) is 10.4 Å². The number of rotatable bonds is 9. The molecule has 1 aromatic carbocycles. The van der Waals surface area contributed by atoms with E-state index in [0.29, 0.717) is 11.4 Å². The van der Waals surface area contributed by atoms with Crippen molar-refractivity contribution in [1.29, 1.82) is 5.41 Å². The first-order chi connectivity index (χ1) is 15.6. The Kier molecular flexibility index (Phi) is 6.37. The molecule has 0 aliphatic rings. The maximum atomic E-state index is 8.74. The highest BCUT2D eigenvalue weighted by Gasteiger charge is 2.16. The SMILES string of the molecule is C=Cc1cccc2[nH]c(C(=N)c3cc(-c4cncc(CNCCCC)c4)cnc3N)nc12. The lowest BCUT2D eigenvalue weighted by Gasteiger charge is -2.09. The molecule has 4 rings (SSSR count). The first-order valence-corrected chi connectivity index (χ1v) is 10.7. The average Bonchev–Trinajstić information content (AvgIpc) is 3.26. The first-order valence-electron chi connectivity index (χ1n) is 10.7. The van der Waals surface area contributed by atoms with Gasteiger partial charge in [-0.1, -0.05) is 38.1 Å². The lowest BCUT2D eigenvalue weighted by Crippen LogP contribution is -2.14. The van der Waals surface area contributed by atoms with E-state index in [4.69, 9.17) is 11.1 Å². The number of imidazole rings is 1. The summed E-state index contributed by atoms with van der Waals surface area (Å²) in [5, 5.41) is 12.2. The largest absolute Gasteiger partial charge is 0.383 e. The molecule has 0 amide bonds. The summed E-state index contributed by atoms with van der Waals surface area (Å²) in [6, 6.07) is 9.76. The monoisotopic (exact) mass is 425 g/mol. The van der Waals surface area contributed by atoms with Crippen LogP contribution in [0.5, 0.6) is 0 Å². The van der Waals surface area contributed by atoms with Crippen LogP contribution < -0.4 is 11.1 Å². The van der Waals surface area contributed by atoms with Gasteiger partial charge in [0.25, 0.3) is 0 Å².